The van der Waals surface area contributed by atoms with Crippen molar-refractivity contribution < 1.29 is 19.4 Å². The summed E-state index contributed by atoms with van der Waals surface area (Å²) in [5, 5.41) is 9.55. The van der Waals surface area contributed by atoms with E-state index in [2.05, 4.69) is 15.9 Å². The number of aliphatic carboxylic acids is 1. The van der Waals surface area contributed by atoms with Gasteiger partial charge in [-0.1, -0.05) is 28.8 Å². The van der Waals surface area contributed by atoms with Crippen molar-refractivity contribution in [1.29, 1.82) is 0 Å². The van der Waals surface area contributed by atoms with E-state index in [0.717, 1.165) is 12.8 Å². The molecule has 0 bridgehead atoms. The third-order valence-electron chi connectivity index (χ3n) is 2.71. The summed E-state index contributed by atoms with van der Waals surface area (Å²) in [5.74, 6) is -2.24. The fourth-order valence-electron chi connectivity index (χ4n) is 1.95. The zero-order valence-corrected chi connectivity index (χ0v) is 10.0. The highest BCUT2D eigenvalue weighted by Gasteiger charge is 2.36. The van der Waals surface area contributed by atoms with Gasteiger partial charge in [0.15, 0.2) is 0 Å². The molecule has 15 heavy (non-hydrogen) atoms. The topological polar surface area (TPSA) is 63.6 Å². The molecule has 1 rings (SSSR count). The fraction of sp³-hybridized carbons (Fsp3) is 0.800. The highest BCUT2D eigenvalue weighted by molar-refractivity contribution is 9.09. The first-order chi connectivity index (χ1) is 7.16. The highest BCUT2D eigenvalue weighted by atomic mass is 79.9. The van der Waals surface area contributed by atoms with Gasteiger partial charge in [-0.15, -0.1) is 0 Å². The van der Waals surface area contributed by atoms with Gasteiger partial charge < -0.3 is 9.84 Å². The zero-order valence-electron chi connectivity index (χ0n) is 8.45. The van der Waals surface area contributed by atoms with E-state index in [9.17, 15) is 9.59 Å². The molecule has 5 heteroatoms. The fourth-order valence-corrected chi connectivity index (χ4v) is 2.12. The highest BCUT2D eigenvalue weighted by Crippen LogP contribution is 2.31. The van der Waals surface area contributed by atoms with Crippen LogP contribution in [0.25, 0.3) is 0 Å². The lowest BCUT2D eigenvalue weighted by atomic mass is 9.79. The molecule has 0 radical (unpaired) electrons. The standard InChI is InChI=1S/C10H15BrO4/c11-5-6-15-10(14)8-4-2-1-3-7(8)9(12)13/h7-8H,1-6H2,(H,12,13). The number of carboxylic acid groups (broad SMARTS) is 1. The summed E-state index contributed by atoms with van der Waals surface area (Å²) in [5.41, 5.74) is 0. The summed E-state index contributed by atoms with van der Waals surface area (Å²) in [6, 6.07) is 0. The molecule has 1 saturated carbocycles. The van der Waals surface area contributed by atoms with Gasteiger partial charge in [0.25, 0.3) is 0 Å². The Morgan fingerprint density at radius 1 is 1.27 bits per heavy atom. The van der Waals surface area contributed by atoms with Gasteiger partial charge in [0, 0.05) is 5.33 Å². The molecule has 0 aromatic carbocycles. The van der Waals surface area contributed by atoms with Gasteiger partial charge in [0.05, 0.1) is 11.8 Å². The Kier molecular flexibility index (Phi) is 5.08. The van der Waals surface area contributed by atoms with Gasteiger partial charge >= 0.3 is 11.9 Å². The second kappa shape index (κ2) is 6.10. The molecule has 2 unspecified atom stereocenters. The molecule has 0 aromatic rings. The van der Waals surface area contributed by atoms with Crippen molar-refractivity contribution in [2.24, 2.45) is 11.8 Å². The molecule has 0 saturated heterocycles. The van der Waals surface area contributed by atoms with Crippen molar-refractivity contribution in [3.63, 3.8) is 0 Å². The number of carbonyl (C=O) groups excluding carboxylic acids is 1. The number of hydrogen-bond acceptors (Lipinski definition) is 3. The predicted octanol–water partition coefficient (Wildman–Crippen LogP) is 1.82. The van der Waals surface area contributed by atoms with Crippen LogP contribution in [0.15, 0.2) is 0 Å². The Morgan fingerprint density at radius 3 is 2.40 bits per heavy atom. The van der Waals surface area contributed by atoms with Gasteiger partial charge in [-0.2, -0.15) is 0 Å². The van der Waals surface area contributed by atoms with Crippen molar-refractivity contribution in [2.45, 2.75) is 25.7 Å². The van der Waals surface area contributed by atoms with Crippen LogP contribution in [-0.4, -0.2) is 29.0 Å². The summed E-state index contributed by atoms with van der Waals surface area (Å²) < 4.78 is 4.96. The van der Waals surface area contributed by atoms with E-state index in [1.165, 1.54) is 0 Å². The van der Waals surface area contributed by atoms with E-state index < -0.39 is 17.8 Å². The van der Waals surface area contributed by atoms with Crippen LogP contribution in [0.5, 0.6) is 0 Å². The minimum Gasteiger partial charge on any atom is -0.481 e. The van der Waals surface area contributed by atoms with Crippen LogP contribution in [0.3, 0.4) is 0 Å². The van der Waals surface area contributed by atoms with E-state index in [4.69, 9.17) is 9.84 Å². The first-order valence-corrected chi connectivity index (χ1v) is 6.24. The summed E-state index contributed by atoms with van der Waals surface area (Å²) in [4.78, 5) is 22.5. The van der Waals surface area contributed by atoms with E-state index >= 15 is 0 Å². The summed E-state index contributed by atoms with van der Waals surface area (Å²) in [6.07, 6.45) is 3.03. The number of rotatable bonds is 4. The van der Waals surface area contributed by atoms with E-state index in [1.807, 2.05) is 0 Å². The van der Waals surface area contributed by atoms with Crippen molar-refractivity contribution >= 4 is 27.9 Å². The lowest BCUT2D eigenvalue weighted by Gasteiger charge is -2.26. The number of esters is 1. The molecule has 0 aliphatic heterocycles. The lowest BCUT2D eigenvalue weighted by Crippen LogP contribution is -2.34. The molecule has 0 aromatic heterocycles. The molecule has 2 atom stereocenters. The van der Waals surface area contributed by atoms with Crippen LogP contribution in [0.1, 0.15) is 25.7 Å². The first kappa shape index (κ1) is 12.5. The number of alkyl halides is 1. The van der Waals surface area contributed by atoms with Crippen LogP contribution in [0.4, 0.5) is 0 Å². The van der Waals surface area contributed by atoms with Crippen molar-refractivity contribution in [2.75, 3.05) is 11.9 Å². The second-order valence-electron chi connectivity index (χ2n) is 3.69. The maximum atomic E-state index is 11.6. The van der Waals surface area contributed by atoms with Crippen LogP contribution in [-0.2, 0) is 14.3 Å². The lowest BCUT2D eigenvalue weighted by molar-refractivity contribution is -0.159. The van der Waals surface area contributed by atoms with Crippen LogP contribution in [0.2, 0.25) is 0 Å². The SMILES string of the molecule is O=C(O)C1CCCCC1C(=O)OCCBr. The Morgan fingerprint density at radius 2 is 1.87 bits per heavy atom. The number of halogens is 1. The van der Waals surface area contributed by atoms with Crippen molar-refractivity contribution in [3.05, 3.63) is 0 Å². The van der Waals surface area contributed by atoms with Gasteiger partial charge in [-0.3, -0.25) is 9.59 Å². The molecular formula is C10H15BrO4. The predicted molar refractivity (Wildman–Crippen MR) is 57.8 cm³/mol. The minimum atomic E-state index is -0.879. The van der Waals surface area contributed by atoms with Gasteiger partial charge in [0.2, 0.25) is 0 Å². The maximum absolute atomic E-state index is 11.6. The number of hydrogen-bond donors (Lipinski definition) is 1. The third kappa shape index (κ3) is 3.48. The molecule has 1 N–H and O–H groups in total. The molecule has 1 aliphatic carbocycles. The summed E-state index contributed by atoms with van der Waals surface area (Å²) in [6.45, 7) is 0.307. The van der Waals surface area contributed by atoms with Gasteiger partial charge in [-0.25, -0.2) is 0 Å². The van der Waals surface area contributed by atoms with E-state index in [-0.39, 0.29) is 5.97 Å². The molecule has 0 amide bonds. The van der Waals surface area contributed by atoms with Crippen molar-refractivity contribution in [1.82, 2.24) is 0 Å². The molecular weight excluding hydrogens is 264 g/mol. The quantitative estimate of drug-likeness (QED) is 0.629. The van der Waals surface area contributed by atoms with Crippen LogP contribution >= 0.6 is 15.9 Å². The van der Waals surface area contributed by atoms with Gasteiger partial charge in [-0.05, 0) is 12.8 Å². The Labute approximate surface area is 97.1 Å². The number of carbonyl (C=O) groups is 2. The Bertz CT molecular complexity index is 242. The average Bonchev–Trinajstić information content (AvgIpc) is 2.25. The molecule has 0 heterocycles. The maximum Gasteiger partial charge on any atom is 0.309 e. The third-order valence-corrected chi connectivity index (χ3v) is 3.03. The first-order valence-electron chi connectivity index (χ1n) is 5.12. The summed E-state index contributed by atoms with van der Waals surface area (Å²) in [7, 11) is 0. The monoisotopic (exact) mass is 278 g/mol. The average molecular weight is 279 g/mol. The second-order valence-corrected chi connectivity index (χ2v) is 4.49. The molecule has 4 nitrogen and oxygen atoms in total. The smallest absolute Gasteiger partial charge is 0.309 e. The normalized spacial score (nSPS) is 25.9. The number of ether oxygens (including phenoxy) is 1. The van der Waals surface area contributed by atoms with Crippen LogP contribution < -0.4 is 0 Å². The van der Waals surface area contributed by atoms with E-state index in [0.29, 0.717) is 24.8 Å². The molecule has 0 spiro atoms. The largest absolute Gasteiger partial charge is 0.481 e. The van der Waals surface area contributed by atoms with Crippen molar-refractivity contribution in [3.8, 4) is 0 Å². The molecule has 1 aliphatic rings. The summed E-state index contributed by atoms with van der Waals surface area (Å²) >= 11 is 3.15. The molecule has 86 valence electrons. The zero-order chi connectivity index (χ0) is 11.3. The molecule has 1 fully saturated rings. The Hall–Kier alpha value is -0.580. The Balaban J connectivity index is 2.55. The minimum absolute atomic E-state index is 0.307. The van der Waals surface area contributed by atoms with Gasteiger partial charge in [0.1, 0.15) is 6.61 Å². The van der Waals surface area contributed by atoms with Crippen LogP contribution in [0, 0.1) is 11.8 Å². The number of carboxylic acids is 1. The van der Waals surface area contributed by atoms with E-state index in [1.54, 1.807) is 0 Å².